The third-order valence-electron chi connectivity index (χ3n) is 3.80. The summed E-state index contributed by atoms with van der Waals surface area (Å²) in [4.78, 5) is 25.2. The van der Waals surface area contributed by atoms with Gasteiger partial charge in [0.15, 0.2) is 0 Å². The van der Waals surface area contributed by atoms with E-state index in [1.807, 2.05) is 13.8 Å². The quantitative estimate of drug-likeness (QED) is 0.728. The van der Waals surface area contributed by atoms with Gasteiger partial charge >= 0.3 is 11.9 Å². The number of aliphatic carboxylic acids is 2. The predicted molar refractivity (Wildman–Crippen MR) is 87.6 cm³/mol. The number of halogens is 1. The minimum absolute atomic E-state index is 0. The Morgan fingerprint density at radius 3 is 2.00 bits per heavy atom. The van der Waals surface area contributed by atoms with E-state index >= 15 is 0 Å². The van der Waals surface area contributed by atoms with Crippen LogP contribution >= 0.6 is 12.4 Å². The average molecular weight is 330 g/mol. The van der Waals surface area contributed by atoms with Crippen molar-refractivity contribution in [1.29, 1.82) is 0 Å². The maximum absolute atomic E-state index is 11.6. The minimum Gasteiger partial charge on any atom is -0.481 e. The van der Waals surface area contributed by atoms with Crippen LogP contribution in [-0.2, 0) is 9.59 Å². The zero-order valence-electron chi connectivity index (χ0n) is 12.9. The molecule has 0 aromatic heterocycles. The van der Waals surface area contributed by atoms with Crippen LogP contribution in [0.1, 0.15) is 31.7 Å². The topological polar surface area (TPSA) is 77.8 Å². The van der Waals surface area contributed by atoms with Crippen LogP contribution in [0.15, 0.2) is 30.3 Å². The van der Waals surface area contributed by atoms with E-state index in [-0.39, 0.29) is 12.4 Å². The Kier molecular flexibility index (Phi) is 9.45. The van der Waals surface area contributed by atoms with Crippen molar-refractivity contribution in [3.8, 4) is 0 Å². The lowest BCUT2D eigenvalue weighted by Crippen LogP contribution is -2.33. The summed E-state index contributed by atoms with van der Waals surface area (Å²) in [5, 5.41) is 18.9. The maximum Gasteiger partial charge on any atom is 0.311 e. The fourth-order valence-corrected chi connectivity index (χ4v) is 2.50. The molecule has 0 fully saturated rings. The molecule has 2 unspecified atom stereocenters. The molecule has 0 heterocycles. The first kappa shape index (κ1) is 20.4. The summed E-state index contributed by atoms with van der Waals surface area (Å²) in [5.74, 6) is -4.09. The fraction of sp³-hybridized carbons (Fsp3) is 0.500. The van der Waals surface area contributed by atoms with Gasteiger partial charge in [0, 0.05) is 0 Å². The van der Waals surface area contributed by atoms with Crippen LogP contribution in [0.5, 0.6) is 0 Å². The van der Waals surface area contributed by atoms with E-state index in [2.05, 4.69) is 4.90 Å². The molecule has 22 heavy (non-hydrogen) atoms. The van der Waals surface area contributed by atoms with Crippen molar-refractivity contribution in [2.45, 2.75) is 26.2 Å². The van der Waals surface area contributed by atoms with Crippen molar-refractivity contribution in [3.63, 3.8) is 0 Å². The van der Waals surface area contributed by atoms with Gasteiger partial charge < -0.3 is 15.1 Å². The second-order valence-electron chi connectivity index (χ2n) is 4.99. The van der Waals surface area contributed by atoms with Crippen LogP contribution in [0.2, 0.25) is 0 Å². The molecule has 0 saturated heterocycles. The first-order valence-corrected chi connectivity index (χ1v) is 7.24. The molecule has 6 heteroatoms. The van der Waals surface area contributed by atoms with Gasteiger partial charge in [0.25, 0.3) is 0 Å². The lowest BCUT2D eigenvalue weighted by Gasteiger charge is -2.24. The Morgan fingerprint density at radius 1 is 1.05 bits per heavy atom. The van der Waals surface area contributed by atoms with Crippen LogP contribution in [0.4, 0.5) is 0 Å². The van der Waals surface area contributed by atoms with E-state index in [0.29, 0.717) is 18.5 Å². The Morgan fingerprint density at radius 2 is 1.59 bits per heavy atom. The van der Waals surface area contributed by atoms with Gasteiger partial charge in [0.05, 0.1) is 11.8 Å². The highest BCUT2D eigenvalue weighted by atomic mass is 35.5. The highest BCUT2D eigenvalue weighted by molar-refractivity contribution is 5.85. The summed E-state index contributed by atoms with van der Waals surface area (Å²) in [6.07, 6.45) is 0.322. The molecule has 0 spiro atoms. The Labute approximate surface area is 137 Å². The van der Waals surface area contributed by atoms with Crippen molar-refractivity contribution in [2.24, 2.45) is 5.92 Å². The molecule has 1 rings (SSSR count). The number of carbonyl (C=O) groups is 2. The molecule has 0 radical (unpaired) electrons. The highest BCUT2D eigenvalue weighted by Gasteiger charge is 2.34. The van der Waals surface area contributed by atoms with E-state index in [4.69, 9.17) is 0 Å². The summed E-state index contributed by atoms with van der Waals surface area (Å²) in [6, 6.07) is 8.59. The lowest BCUT2D eigenvalue weighted by atomic mass is 9.84. The number of hydrogen-bond donors (Lipinski definition) is 2. The van der Waals surface area contributed by atoms with Crippen LogP contribution in [0, 0.1) is 5.92 Å². The summed E-state index contributed by atoms with van der Waals surface area (Å²) in [6.45, 7) is 6.24. The van der Waals surface area contributed by atoms with Gasteiger partial charge in [-0.15, -0.1) is 12.4 Å². The van der Waals surface area contributed by atoms with Crippen LogP contribution in [0.25, 0.3) is 0 Å². The minimum atomic E-state index is -1.09. The van der Waals surface area contributed by atoms with Gasteiger partial charge in [-0.1, -0.05) is 44.2 Å². The molecule has 5 nitrogen and oxygen atoms in total. The third-order valence-corrected chi connectivity index (χ3v) is 3.80. The SMILES string of the molecule is CCN(CC)CCC(C(=O)O)C(C(=O)O)c1ccccc1.Cl. The zero-order chi connectivity index (χ0) is 15.8. The molecule has 1 aromatic rings. The number of nitrogens with zero attached hydrogens (tertiary/aromatic N) is 1. The fourth-order valence-electron chi connectivity index (χ4n) is 2.50. The van der Waals surface area contributed by atoms with Crippen molar-refractivity contribution >= 4 is 24.3 Å². The molecule has 0 aliphatic carbocycles. The van der Waals surface area contributed by atoms with E-state index in [0.717, 1.165) is 13.1 Å². The molecule has 2 atom stereocenters. The molecule has 0 aliphatic rings. The second kappa shape index (κ2) is 10.2. The Hall–Kier alpha value is -1.59. The molecule has 1 aromatic carbocycles. The second-order valence-corrected chi connectivity index (χ2v) is 4.99. The van der Waals surface area contributed by atoms with E-state index in [9.17, 15) is 19.8 Å². The number of hydrogen-bond acceptors (Lipinski definition) is 3. The normalized spacial score (nSPS) is 13.2. The summed E-state index contributed by atoms with van der Waals surface area (Å²) in [5.41, 5.74) is 0.539. The van der Waals surface area contributed by atoms with E-state index < -0.39 is 23.8 Å². The molecule has 0 amide bonds. The van der Waals surface area contributed by atoms with Crippen molar-refractivity contribution in [3.05, 3.63) is 35.9 Å². The molecule has 0 bridgehead atoms. The lowest BCUT2D eigenvalue weighted by molar-refractivity contribution is -0.150. The smallest absolute Gasteiger partial charge is 0.311 e. The van der Waals surface area contributed by atoms with Crippen LogP contribution in [-0.4, -0.2) is 46.7 Å². The van der Waals surface area contributed by atoms with Crippen molar-refractivity contribution < 1.29 is 19.8 Å². The first-order valence-electron chi connectivity index (χ1n) is 7.24. The molecule has 2 N–H and O–H groups in total. The number of rotatable bonds is 9. The number of carboxylic acids is 2. The van der Waals surface area contributed by atoms with Crippen LogP contribution in [0.3, 0.4) is 0 Å². The number of benzene rings is 1. The third kappa shape index (κ3) is 5.66. The van der Waals surface area contributed by atoms with Crippen molar-refractivity contribution in [1.82, 2.24) is 4.90 Å². The van der Waals surface area contributed by atoms with Gasteiger partial charge in [-0.2, -0.15) is 0 Å². The largest absolute Gasteiger partial charge is 0.481 e. The molecule has 124 valence electrons. The molecule has 0 saturated carbocycles. The molecular weight excluding hydrogens is 306 g/mol. The average Bonchev–Trinajstić information content (AvgIpc) is 2.47. The number of carboxylic acid groups (broad SMARTS) is 2. The standard InChI is InChI=1S/C16H23NO4.ClH/c1-3-17(4-2)11-10-13(15(18)19)14(16(20)21)12-8-6-5-7-9-12;/h5-9,13-14H,3-4,10-11H2,1-2H3,(H,18,19)(H,20,21);1H. The van der Waals surface area contributed by atoms with E-state index in [1.54, 1.807) is 30.3 Å². The van der Waals surface area contributed by atoms with Crippen molar-refractivity contribution in [2.75, 3.05) is 19.6 Å². The van der Waals surface area contributed by atoms with E-state index in [1.165, 1.54) is 0 Å². The zero-order valence-corrected chi connectivity index (χ0v) is 13.8. The monoisotopic (exact) mass is 329 g/mol. The Bertz CT molecular complexity index is 462. The van der Waals surface area contributed by atoms with Gasteiger partial charge in [-0.25, -0.2) is 0 Å². The van der Waals surface area contributed by atoms with Crippen LogP contribution < -0.4 is 0 Å². The van der Waals surface area contributed by atoms with Gasteiger partial charge in [0.2, 0.25) is 0 Å². The maximum atomic E-state index is 11.6. The molecular formula is C16H24ClNO4. The summed E-state index contributed by atoms with van der Waals surface area (Å²) >= 11 is 0. The summed E-state index contributed by atoms with van der Waals surface area (Å²) < 4.78 is 0. The highest BCUT2D eigenvalue weighted by Crippen LogP contribution is 2.28. The Balaban J connectivity index is 0.00000441. The summed E-state index contributed by atoms with van der Waals surface area (Å²) in [7, 11) is 0. The van der Waals surface area contributed by atoms with Gasteiger partial charge in [0.1, 0.15) is 0 Å². The first-order chi connectivity index (χ1) is 10.0. The molecule has 0 aliphatic heterocycles. The van der Waals surface area contributed by atoms with Gasteiger partial charge in [-0.05, 0) is 31.6 Å². The predicted octanol–water partition coefficient (Wildman–Crippen LogP) is 2.71. The van der Waals surface area contributed by atoms with Gasteiger partial charge in [-0.3, -0.25) is 9.59 Å².